The number of pyridine rings is 6. The van der Waals surface area contributed by atoms with Crippen molar-refractivity contribution in [3.05, 3.63) is 392 Å². The summed E-state index contributed by atoms with van der Waals surface area (Å²) in [6.45, 7) is 81.9. The van der Waals surface area contributed by atoms with Crippen LogP contribution in [0.4, 0.5) is 0 Å². The average molecular weight is 1780 g/mol. The fourth-order valence-electron chi connectivity index (χ4n) is 8.48. The van der Waals surface area contributed by atoms with Crippen LogP contribution in [0, 0.1) is 76.2 Å². The van der Waals surface area contributed by atoms with E-state index in [1.54, 1.807) is 61.8 Å². The molecule has 0 saturated carbocycles. The molecule has 10 heterocycles. The predicted octanol–water partition coefficient (Wildman–Crippen LogP) is 34.9. The third kappa shape index (κ3) is 79.2. The van der Waals surface area contributed by atoms with Gasteiger partial charge in [0.1, 0.15) is 37.0 Å². The van der Waals surface area contributed by atoms with Gasteiger partial charge in [0.15, 0.2) is 0 Å². The minimum atomic E-state index is 0.759. The van der Waals surface area contributed by atoms with Crippen LogP contribution in [0.15, 0.2) is 330 Å². The van der Waals surface area contributed by atoms with Crippen molar-refractivity contribution >= 4 is 0 Å². The Hall–Kier alpha value is -12.8. The highest BCUT2D eigenvalue weighted by molar-refractivity contribution is 5.70. The molecule has 10 aromatic heterocycles. The summed E-state index contributed by atoms with van der Waals surface area (Å²) in [5.41, 5.74) is 21.6. The topological polar surface area (TPSA) is 193 Å². The molecular weight excluding hydrogens is 1600 g/mol. The van der Waals surface area contributed by atoms with Crippen molar-refractivity contribution in [1.29, 1.82) is 0 Å². The standard InChI is InChI=1S/C19H17N.C18H15N.C12H11N.3C6H7N.3C5H6N2.C4H5N3.15C2H6/c1-14-8-11-17(12-9-14)19-15(2)10-13-18(20-19)16-6-4-3-5-7-16;1-14-12-17(15-8-4-2-5-9-15)19-18(13-14)16-10-6-3-7-11-16;1-10-7-8-12(9-13-10)11-5-3-2-4-6-11;1-6-2-4-7-5-3-6;1-6-3-2-4-7-5-6;1-6-4-2-3-5-7-6;1-5-2-6-4-7-3-5;1-5-2-3-6-4-7-5;1-5-6-3-2-4-7-5;1-4-6-2-5-3-7-4;15*1-2/h3-13H,1-2H3;2-13H,1H3;2-9H,1H3;3*2-5H,1H3;3*2-4H,1H3;2-3H,1H3;15*1-2H3. The smallest absolute Gasteiger partial charge is 0.128 e. The maximum absolute atomic E-state index is 4.84. The lowest BCUT2D eigenvalue weighted by atomic mass is 10.0. The van der Waals surface area contributed by atoms with Crippen LogP contribution >= 0.6 is 0 Å². The maximum Gasteiger partial charge on any atom is 0.128 e. The second-order valence-corrected chi connectivity index (χ2v) is 22.6. The van der Waals surface area contributed by atoms with Gasteiger partial charge in [-0.25, -0.2) is 54.8 Å². The van der Waals surface area contributed by atoms with Crippen LogP contribution in [-0.2, 0) is 0 Å². The molecule has 15 heteroatoms. The van der Waals surface area contributed by atoms with Gasteiger partial charge in [-0.2, -0.15) is 0 Å². The molecule has 0 aliphatic rings. The Morgan fingerprint density at radius 3 is 0.840 bits per heavy atom. The summed E-state index contributed by atoms with van der Waals surface area (Å²) in [6.07, 6.45) is 25.6. The minimum Gasteiger partial charge on any atom is -0.265 e. The lowest BCUT2D eigenvalue weighted by molar-refractivity contribution is 0.974. The van der Waals surface area contributed by atoms with Crippen LogP contribution < -0.4 is 0 Å². The fraction of sp³-hybridized carbons (Fsp3) is 0.353. The van der Waals surface area contributed by atoms with E-state index in [1.165, 1.54) is 69.8 Å². The monoisotopic (exact) mass is 1780 g/mol. The van der Waals surface area contributed by atoms with Crippen molar-refractivity contribution in [1.82, 2.24) is 74.8 Å². The predicted molar refractivity (Wildman–Crippen MR) is 581 cm³/mol. The summed E-state index contributed by atoms with van der Waals surface area (Å²) in [7, 11) is 0. The molecular formula is C116H177N15. The Kier molecular flexibility index (Phi) is 118. The van der Waals surface area contributed by atoms with Gasteiger partial charge in [0.05, 0.1) is 22.8 Å². The van der Waals surface area contributed by atoms with Crippen molar-refractivity contribution in [2.45, 2.75) is 284 Å². The van der Waals surface area contributed by atoms with Crippen molar-refractivity contribution in [2.75, 3.05) is 0 Å². The number of hydrogen-bond donors (Lipinski definition) is 0. The van der Waals surface area contributed by atoms with Gasteiger partial charge in [-0.15, -0.1) is 0 Å². The van der Waals surface area contributed by atoms with Gasteiger partial charge in [0.2, 0.25) is 0 Å². The molecule has 716 valence electrons. The SMILES string of the molecule is CC.CC.CC.CC.CC.CC.CC.CC.CC.CC.CC.CC.CC.CC.CC.Cc1cc(-c2ccccc2)nc(-c2ccccc2)c1.Cc1ccc(-c2ccccc2)cn1.Cc1ccc(-c2nc(-c3ccccc3)ccc2C)cc1.Cc1ccccn1.Cc1cccnc1.Cc1ccncc1.Cc1ccncn1.Cc1cncnc1.Cc1ncccn1.Cc1ncncn1. The molecule has 0 bridgehead atoms. The molecule has 15 nitrogen and oxygen atoms in total. The zero-order valence-corrected chi connectivity index (χ0v) is 89.4. The maximum atomic E-state index is 4.84. The summed E-state index contributed by atoms with van der Waals surface area (Å²) < 4.78 is 0. The van der Waals surface area contributed by atoms with E-state index in [2.05, 4.69) is 189 Å². The van der Waals surface area contributed by atoms with Crippen LogP contribution in [-0.4, -0.2) is 74.8 Å². The Balaban J connectivity index is -0.000000154. The second-order valence-electron chi connectivity index (χ2n) is 22.6. The van der Waals surface area contributed by atoms with E-state index in [4.69, 9.17) is 9.97 Å². The van der Waals surface area contributed by atoms with Gasteiger partial charge in [0, 0.05) is 113 Å². The normalized spacial score (nSPS) is 8.04. The average Bonchev–Trinajstić information content (AvgIpc) is 0.815. The van der Waals surface area contributed by atoms with Crippen LogP contribution in [0.1, 0.15) is 270 Å². The van der Waals surface area contributed by atoms with Gasteiger partial charge in [0.25, 0.3) is 0 Å². The largest absolute Gasteiger partial charge is 0.265 e. The summed E-state index contributed by atoms with van der Waals surface area (Å²) >= 11 is 0. The van der Waals surface area contributed by atoms with E-state index in [1.807, 2.05) is 403 Å². The first kappa shape index (κ1) is 139. The quantitative estimate of drug-likeness (QED) is 0.158. The molecule has 0 atom stereocenters. The molecule has 0 saturated heterocycles. The molecule has 0 fully saturated rings. The Morgan fingerprint density at radius 2 is 0.542 bits per heavy atom. The Labute approximate surface area is 802 Å². The third-order valence-electron chi connectivity index (χ3n) is 13.8. The highest BCUT2D eigenvalue weighted by Crippen LogP contribution is 2.27. The van der Waals surface area contributed by atoms with Crippen molar-refractivity contribution in [2.24, 2.45) is 0 Å². The third-order valence-corrected chi connectivity index (χ3v) is 13.8. The van der Waals surface area contributed by atoms with Gasteiger partial charge in [-0.1, -0.05) is 383 Å². The molecule has 0 aliphatic carbocycles. The summed E-state index contributed by atoms with van der Waals surface area (Å²) in [4.78, 5) is 59.6. The molecule has 0 aliphatic heterocycles. The van der Waals surface area contributed by atoms with E-state index in [0.29, 0.717) is 0 Å². The minimum absolute atomic E-state index is 0.759. The van der Waals surface area contributed by atoms with Gasteiger partial charge >= 0.3 is 0 Å². The lowest BCUT2D eigenvalue weighted by Crippen LogP contribution is -1.91. The number of aryl methyl sites for hydroxylation is 11. The first-order chi connectivity index (χ1) is 64.2. The summed E-state index contributed by atoms with van der Waals surface area (Å²) in [5.74, 6) is 1.58. The van der Waals surface area contributed by atoms with Gasteiger partial charge < -0.3 is 0 Å². The fourth-order valence-corrected chi connectivity index (χ4v) is 8.48. The number of hydrogen-bond acceptors (Lipinski definition) is 15. The second kappa shape index (κ2) is 111. The lowest BCUT2D eigenvalue weighted by Gasteiger charge is -2.09. The van der Waals surface area contributed by atoms with Gasteiger partial charge in [-0.05, 0) is 176 Å². The molecule has 0 radical (unpaired) electrons. The molecule has 15 aromatic rings. The van der Waals surface area contributed by atoms with Gasteiger partial charge in [-0.3, -0.25) is 19.9 Å². The van der Waals surface area contributed by atoms with E-state index < -0.39 is 0 Å². The molecule has 0 spiro atoms. The first-order valence-corrected chi connectivity index (χ1v) is 47.7. The van der Waals surface area contributed by atoms with Crippen molar-refractivity contribution in [3.63, 3.8) is 0 Å². The molecule has 131 heavy (non-hydrogen) atoms. The van der Waals surface area contributed by atoms with Crippen molar-refractivity contribution < 1.29 is 0 Å². The van der Waals surface area contributed by atoms with Crippen LogP contribution in [0.3, 0.4) is 0 Å². The van der Waals surface area contributed by atoms with Crippen LogP contribution in [0.2, 0.25) is 0 Å². The highest BCUT2D eigenvalue weighted by atomic mass is 15.0. The number of aromatic nitrogens is 15. The van der Waals surface area contributed by atoms with E-state index in [9.17, 15) is 0 Å². The first-order valence-electron chi connectivity index (χ1n) is 47.7. The molecule has 0 amide bonds. The summed E-state index contributed by atoms with van der Waals surface area (Å²) in [5, 5.41) is 0. The van der Waals surface area contributed by atoms with Crippen LogP contribution in [0.5, 0.6) is 0 Å². The molecule has 15 rings (SSSR count). The van der Waals surface area contributed by atoms with E-state index >= 15 is 0 Å². The van der Waals surface area contributed by atoms with Crippen LogP contribution in [0.25, 0.3) is 56.2 Å². The Morgan fingerprint density at radius 1 is 0.168 bits per heavy atom. The zero-order valence-electron chi connectivity index (χ0n) is 89.4. The van der Waals surface area contributed by atoms with E-state index in [-0.39, 0.29) is 0 Å². The Bertz CT molecular complexity index is 4150. The number of benzene rings is 5. The van der Waals surface area contributed by atoms with Crippen molar-refractivity contribution in [3.8, 4) is 56.2 Å². The summed E-state index contributed by atoms with van der Waals surface area (Å²) in [6, 6.07) is 79.7. The highest BCUT2D eigenvalue weighted by Gasteiger charge is 2.08. The number of nitrogens with zero attached hydrogens (tertiary/aromatic N) is 15. The molecule has 0 N–H and O–H groups in total. The number of rotatable bonds is 5. The molecule has 0 unspecified atom stereocenters. The molecule has 5 aromatic carbocycles. The zero-order chi connectivity index (χ0) is 102. The van der Waals surface area contributed by atoms with E-state index in [0.717, 1.165) is 73.8 Å².